The first-order chi connectivity index (χ1) is 36.5. The van der Waals surface area contributed by atoms with Crippen LogP contribution in [0.3, 0.4) is 0 Å². The Bertz CT molecular complexity index is 1370. The molecule has 0 spiro atoms. The fourth-order valence-corrected chi connectivity index (χ4v) is 11.1. The lowest BCUT2D eigenvalue weighted by atomic mass is 9.99. The first-order valence-electron chi connectivity index (χ1n) is 32.1. The van der Waals surface area contributed by atoms with E-state index >= 15 is 0 Å². The maximum atomic E-state index is 13.1. The van der Waals surface area contributed by atoms with Crippen molar-refractivity contribution in [3.8, 4) is 0 Å². The summed E-state index contributed by atoms with van der Waals surface area (Å²) in [6.45, 7) is 3.49. The van der Waals surface area contributed by atoms with Crippen LogP contribution < -0.4 is 5.32 Å². The molecule has 0 aromatic rings. The summed E-state index contributed by atoms with van der Waals surface area (Å²) in [4.78, 5) is 13.1. The summed E-state index contributed by atoms with van der Waals surface area (Å²) in [6.07, 6.45) is 55.4. The summed E-state index contributed by atoms with van der Waals surface area (Å²) in [5, 5.41) is 45.1. The Morgan fingerprint density at radius 2 is 0.853 bits per heavy atom. The van der Waals surface area contributed by atoms with Crippen LogP contribution in [0.2, 0.25) is 0 Å². The summed E-state index contributed by atoms with van der Waals surface area (Å²) in [5.41, 5.74) is 0. The average Bonchev–Trinajstić information content (AvgIpc) is 3.39. The van der Waals surface area contributed by atoms with E-state index in [1.54, 1.807) is 0 Å². The highest BCUT2D eigenvalue weighted by Gasteiger charge is 2.48. The molecule has 7 atom stereocenters. The molecule has 12 nitrogen and oxygen atoms in total. The second-order valence-corrected chi connectivity index (χ2v) is 23.8. The molecule has 13 heteroatoms. The van der Waals surface area contributed by atoms with E-state index in [0.717, 1.165) is 51.4 Å². The van der Waals surface area contributed by atoms with Crippen molar-refractivity contribution < 1.29 is 51.8 Å². The van der Waals surface area contributed by atoms with E-state index in [2.05, 4.69) is 35.5 Å². The number of hydrogen-bond acceptors (Lipinski definition) is 10. The molecule has 0 aromatic heterocycles. The zero-order valence-corrected chi connectivity index (χ0v) is 49.5. The molecule has 75 heavy (non-hydrogen) atoms. The van der Waals surface area contributed by atoms with Crippen LogP contribution in [0, 0.1) is 0 Å². The number of amides is 1. The predicted octanol–water partition coefficient (Wildman–Crippen LogP) is 15.8. The molecule has 446 valence electrons. The highest BCUT2D eigenvalue weighted by Crippen LogP contribution is 2.26. The van der Waals surface area contributed by atoms with Gasteiger partial charge in [0.15, 0.2) is 6.29 Å². The average molecular weight is 1090 g/mol. The number of aliphatic hydroxyl groups is 4. The minimum absolute atomic E-state index is 0.224. The van der Waals surface area contributed by atoms with E-state index in [1.165, 1.54) is 244 Å². The molecule has 0 aromatic carbocycles. The topological polar surface area (TPSA) is 192 Å². The Balaban J connectivity index is 2.16. The van der Waals surface area contributed by atoms with Gasteiger partial charge in [-0.3, -0.25) is 9.35 Å². The molecule has 0 aliphatic carbocycles. The lowest BCUT2D eigenvalue weighted by Crippen LogP contribution is -2.61. The van der Waals surface area contributed by atoms with Gasteiger partial charge in [-0.1, -0.05) is 289 Å². The zero-order chi connectivity index (χ0) is 54.7. The zero-order valence-electron chi connectivity index (χ0n) is 48.6. The van der Waals surface area contributed by atoms with Crippen LogP contribution >= 0.6 is 0 Å². The Labute approximate surface area is 461 Å². The Hall–Kier alpha value is -1.16. The molecular formula is C62H121NO11S. The molecule has 1 saturated heterocycles. The first-order valence-corrected chi connectivity index (χ1v) is 33.4. The Morgan fingerprint density at radius 3 is 1.20 bits per heavy atom. The lowest BCUT2D eigenvalue weighted by molar-refractivity contribution is -0.298. The summed E-state index contributed by atoms with van der Waals surface area (Å²) in [7, 11) is -5.08. The predicted molar refractivity (Wildman–Crippen MR) is 310 cm³/mol. The van der Waals surface area contributed by atoms with Crippen molar-refractivity contribution >= 4 is 16.3 Å². The Morgan fingerprint density at radius 1 is 0.520 bits per heavy atom. The van der Waals surface area contributed by atoms with Crippen LogP contribution in [0.15, 0.2) is 12.2 Å². The molecule has 7 unspecified atom stereocenters. The van der Waals surface area contributed by atoms with Gasteiger partial charge in [-0.05, 0) is 38.5 Å². The number of carbonyl (C=O) groups excluding carboxylic acids is 1. The number of rotatable bonds is 57. The first kappa shape index (κ1) is 71.9. The molecule has 1 amide bonds. The quantitative estimate of drug-likeness (QED) is 0.0193. The third kappa shape index (κ3) is 44.3. The maximum Gasteiger partial charge on any atom is 0.397 e. The number of ether oxygens (including phenoxy) is 2. The third-order valence-corrected chi connectivity index (χ3v) is 16.0. The van der Waals surface area contributed by atoms with Gasteiger partial charge in [0.05, 0.1) is 25.4 Å². The minimum Gasteiger partial charge on any atom is -0.394 e. The number of allylic oxidation sites excluding steroid dienone is 2. The molecule has 1 fully saturated rings. The summed E-state index contributed by atoms with van der Waals surface area (Å²) in [5.74, 6) is -0.224. The van der Waals surface area contributed by atoms with Crippen molar-refractivity contribution in [1.29, 1.82) is 0 Å². The molecular weight excluding hydrogens is 967 g/mol. The van der Waals surface area contributed by atoms with E-state index < -0.39 is 59.9 Å². The third-order valence-electron chi connectivity index (χ3n) is 15.6. The van der Waals surface area contributed by atoms with Crippen LogP contribution in [0.5, 0.6) is 0 Å². The summed E-state index contributed by atoms with van der Waals surface area (Å²) >= 11 is 0. The van der Waals surface area contributed by atoms with E-state index in [1.807, 2.05) is 0 Å². The lowest BCUT2D eigenvalue weighted by Gasteiger charge is -2.41. The van der Waals surface area contributed by atoms with Crippen molar-refractivity contribution in [1.82, 2.24) is 5.32 Å². The van der Waals surface area contributed by atoms with Gasteiger partial charge < -0.3 is 35.2 Å². The number of nitrogens with one attached hydrogen (secondary N) is 1. The van der Waals surface area contributed by atoms with E-state index in [-0.39, 0.29) is 12.5 Å². The highest BCUT2D eigenvalue weighted by atomic mass is 32.3. The normalized spacial score (nSPS) is 19.1. The van der Waals surface area contributed by atoms with Crippen molar-refractivity contribution in [3.63, 3.8) is 0 Å². The number of unbranched alkanes of at least 4 members (excludes halogenated alkanes) is 43. The number of hydrogen-bond donors (Lipinski definition) is 6. The summed E-state index contributed by atoms with van der Waals surface area (Å²) in [6, 6.07) is -0.855. The van der Waals surface area contributed by atoms with E-state index in [0.29, 0.717) is 12.8 Å². The van der Waals surface area contributed by atoms with E-state index in [9.17, 15) is 38.2 Å². The molecule has 6 N–H and O–H groups in total. The van der Waals surface area contributed by atoms with E-state index in [4.69, 9.17) is 9.47 Å². The van der Waals surface area contributed by atoms with Gasteiger partial charge in [-0.2, -0.15) is 8.42 Å². The monoisotopic (exact) mass is 1090 g/mol. The van der Waals surface area contributed by atoms with Gasteiger partial charge in [0.1, 0.15) is 24.4 Å². The Kier molecular flexibility index (Phi) is 50.0. The number of aliphatic hydroxyl groups excluding tert-OH is 4. The highest BCUT2D eigenvalue weighted by molar-refractivity contribution is 7.80. The molecule has 1 aliphatic heterocycles. The van der Waals surface area contributed by atoms with Gasteiger partial charge in [0.25, 0.3) is 0 Å². The van der Waals surface area contributed by atoms with Gasteiger partial charge >= 0.3 is 10.4 Å². The van der Waals surface area contributed by atoms with Crippen molar-refractivity contribution in [3.05, 3.63) is 12.2 Å². The largest absolute Gasteiger partial charge is 0.397 e. The molecule has 1 heterocycles. The van der Waals surface area contributed by atoms with Gasteiger partial charge in [0.2, 0.25) is 5.91 Å². The summed E-state index contributed by atoms with van der Waals surface area (Å²) < 4.78 is 47.9. The molecule has 0 radical (unpaired) electrons. The van der Waals surface area contributed by atoms with Gasteiger partial charge in [-0.15, -0.1) is 0 Å². The smallest absolute Gasteiger partial charge is 0.394 e. The fraction of sp³-hybridized carbons (Fsp3) is 0.952. The molecule has 0 saturated carbocycles. The van der Waals surface area contributed by atoms with Crippen molar-refractivity contribution in [2.24, 2.45) is 0 Å². The minimum atomic E-state index is -5.08. The van der Waals surface area contributed by atoms with Crippen LogP contribution in [0.1, 0.15) is 322 Å². The van der Waals surface area contributed by atoms with Crippen LogP contribution in [0.25, 0.3) is 0 Å². The maximum absolute atomic E-state index is 13.1. The number of carbonyl (C=O) groups is 1. The van der Waals surface area contributed by atoms with Crippen LogP contribution in [-0.4, -0.2) is 95.4 Å². The molecule has 1 rings (SSSR count). The fourth-order valence-electron chi connectivity index (χ4n) is 10.6. The van der Waals surface area contributed by atoms with Gasteiger partial charge in [-0.25, -0.2) is 4.18 Å². The van der Waals surface area contributed by atoms with Crippen molar-refractivity contribution in [2.45, 2.75) is 365 Å². The van der Waals surface area contributed by atoms with Crippen LogP contribution in [-0.2, 0) is 28.9 Å². The van der Waals surface area contributed by atoms with Gasteiger partial charge in [0, 0.05) is 6.42 Å². The van der Waals surface area contributed by atoms with Crippen LogP contribution in [0.4, 0.5) is 0 Å². The van der Waals surface area contributed by atoms with Crippen molar-refractivity contribution in [2.75, 3.05) is 13.2 Å². The second-order valence-electron chi connectivity index (χ2n) is 22.7. The SMILES string of the molecule is CCCCCCCCCCCCCCCC/C=C\CCCCCCCCCCCCCCCCCCCC(=O)NC(COC1OC(CO)C(O)C(OS(=O)(=O)O)C1O)C(O)CCCCCCCCCCCCCCC. The standard InChI is InChI=1S/C62H121NO11S/c1-3-5-7-9-11-13-15-17-18-19-20-21-22-23-24-25-26-27-28-29-30-31-32-33-34-35-36-37-38-40-42-44-46-48-50-52-58(66)63-55(56(65)51-49-47-45-43-41-39-16-14-12-10-8-6-4-2)54-72-62-60(68)61(74-75(69,70)71)59(67)57(53-64)73-62/h25-26,55-57,59-62,64-65,67-68H,3-24,27-54H2,1-2H3,(H,63,66)(H,69,70,71)/b26-25-. The molecule has 0 bridgehead atoms. The second kappa shape index (κ2) is 52.2. The molecule has 1 aliphatic rings.